The van der Waals surface area contributed by atoms with E-state index in [4.69, 9.17) is 9.47 Å². The van der Waals surface area contributed by atoms with E-state index in [2.05, 4.69) is 9.98 Å². The number of phenolic OH excluding ortho intramolecular Hbond substituents is 2. The predicted octanol–water partition coefficient (Wildman–Crippen LogP) is 3.04. The molecular formula is C19H22N2O4. The van der Waals surface area contributed by atoms with Gasteiger partial charge in [0.25, 0.3) is 0 Å². The van der Waals surface area contributed by atoms with E-state index in [0.29, 0.717) is 29.2 Å². The van der Waals surface area contributed by atoms with Gasteiger partial charge in [0, 0.05) is 12.4 Å². The SMILES string of the molecule is COc1cccc(O)c1C=NCC(C)N=Cc1c(O)cccc1OC. The second kappa shape index (κ2) is 8.73. The second-order valence-electron chi connectivity index (χ2n) is 5.41. The van der Waals surface area contributed by atoms with Crippen molar-refractivity contribution >= 4 is 12.4 Å². The van der Waals surface area contributed by atoms with E-state index in [1.54, 1.807) is 63.0 Å². The van der Waals surface area contributed by atoms with Gasteiger partial charge in [-0.15, -0.1) is 0 Å². The molecule has 0 aromatic heterocycles. The molecule has 1 atom stereocenters. The van der Waals surface area contributed by atoms with Gasteiger partial charge in [-0.1, -0.05) is 12.1 Å². The van der Waals surface area contributed by atoms with E-state index in [1.807, 2.05) is 6.92 Å². The van der Waals surface area contributed by atoms with E-state index in [1.165, 1.54) is 0 Å². The Morgan fingerprint density at radius 2 is 1.44 bits per heavy atom. The second-order valence-corrected chi connectivity index (χ2v) is 5.41. The molecule has 0 amide bonds. The van der Waals surface area contributed by atoms with Crippen molar-refractivity contribution < 1.29 is 19.7 Å². The molecule has 0 spiro atoms. The molecule has 6 heteroatoms. The summed E-state index contributed by atoms with van der Waals surface area (Å²) in [5, 5.41) is 19.8. The number of hydrogen-bond donors (Lipinski definition) is 2. The zero-order valence-corrected chi connectivity index (χ0v) is 14.5. The maximum atomic E-state index is 9.91. The molecule has 0 aliphatic carbocycles. The highest BCUT2D eigenvalue weighted by atomic mass is 16.5. The molecule has 0 heterocycles. The molecule has 25 heavy (non-hydrogen) atoms. The summed E-state index contributed by atoms with van der Waals surface area (Å²) in [6.45, 7) is 2.33. The van der Waals surface area contributed by atoms with Crippen molar-refractivity contribution in [3.05, 3.63) is 47.5 Å². The van der Waals surface area contributed by atoms with E-state index in [-0.39, 0.29) is 17.5 Å². The van der Waals surface area contributed by atoms with Crippen LogP contribution in [0.3, 0.4) is 0 Å². The van der Waals surface area contributed by atoms with Crippen molar-refractivity contribution in [3.8, 4) is 23.0 Å². The standard InChI is InChI=1S/C19H22N2O4/c1-13(21-12-15-17(23)7-5-9-19(15)25-3)10-20-11-14-16(22)6-4-8-18(14)24-2/h4-9,11-13,22-23H,10H2,1-3H3. The van der Waals surface area contributed by atoms with Crippen LogP contribution >= 0.6 is 0 Å². The number of nitrogens with zero attached hydrogens (tertiary/aromatic N) is 2. The zero-order chi connectivity index (χ0) is 18.2. The van der Waals surface area contributed by atoms with Crippen molar-refractivity contribution in [2.24, 2.45) is 9.98 Å². The Morgan fingerprint density at radius 1 is 0.920 bits per heavy atom. The van der Waals surface area contributed by atoms with Crippen LogP contribution in [-0.4, -0.2) is 49.4 Å². The summed E-state index contributed by atoms with van der Waals surface area (Å²) in [6, 6.07) is 9.98. The molecule has 0 bridgehead atoms. The first-order valence-electron chi connectivity index (χ1n) is 7.81. The molecule has 132 valence electrons. The summed E-state index contributed by atoms with van der Waals surface area (Å²) in [6.07, 6.45) is 3.15. The van der Waals surface area contributed by atoms with Crippen LogP contribution in [0.1, 0.15) is 18.1 Å². The topological polar surface area (TPSA) is 83.6 Å². The monoisotopic (exact) mass is 342 g/mol. The first kappa shape index (κ1) is 18.3. The van der Waals surface area contributed by atoms with Crippen LogP contribution in [0.2, 0.25) is 0 Å². The van der Waals surface area contributed by atoms with E-state index < -0.39 is 0 Å². The summed E-state index contributed by atoms with van der Waals surface area (Å²) >= 11 is 0. The van der Waals surface area contributed by atoms with Crippen LogP contribution in [0.25, 0.3) is 0 Å². The molecule has 2 aromatic carbocycles. The molecule has 0 aliphatic rings. The number of benzene rings is 2. The van der Waals surface area contributed by atoms with Gasteiger partial charge in [0.05, 0.1) is 37.9 Å². The predicted molar refractivity (Wildman–Crippen MR) is 98.8 cm³/mol. The highest BCUT2D eigenvalue weighted by Gasteiger charge is 2.07. The number of aliphatic imine (C=N–C) groups is 2. The zero-order valence-electron chi connectivity index (χ0n) is 14.5. The van der Waals surface area contributed by atoms with Gasteiger partial charge in [0.1, 0.15) is 23.0 Å². The molecule has 2 rings (SSSR count). The lowest BCUT2D eigenvalue weighted by atomic mass is 10.2. The molecule has 6 nitrogen and oxygen atoms in total. The largest absolute Gasteiger partial charge is 0.507 e. The Balaban J connectivity index is 2.06. The Morgan fingerprint density at radius 3 is 1.96 bits per heavy atom. The smallest absolute Gasteiger partial charge is 0.131 e. The van der Waals surface area contributed by atoms with Gasteiger partial charge < -0.3 is 19.7 Å². The van der Waals surface area contributed by atoms with Crippen LogP contribution in [0.5, 0.6) is 23.0 Å². The maximum Gasteiger partial charge on any atom is 0.131 e. The van der Waals surface area contributed by atoms with Gasteiger partial charge in [0.2, 0.25) is 0 Å². The number of ether oxygens (including phenoxy) is 2. The molecule has 0 saturated heterocycles. The lowest BCUT2D eigenvalue weighted by Gasteiger charge is -2.08. The molecule has 1 unspecified atom stereocenters. The maximum absolute atomic E-state index is 9.91. The van der Waals surface area contributed by atoms with Crippen LogP contribution < -0.4 is 9.47 Å². The third-order valence-corrected chi connectivity index (χ3v) is 3.57. The minimum Gasteiger partial charge on any atom is -0.507 e. The van der Waals surface area contributed by atoms with Crippen LogP contribution in [0.15, 0.2) is 46.4 Å². The van der Waals surface area contributed by atoms with Gasteiger partial charge in [-0.05, 0) is 31.2 Å². The summed E-state index contributed by atoms with van der Waals surface area (Å²) in [7, 11) is 3.08. The first-order valence-corrected chi connectivity index (χ1v) is 7.81. The van der Waals surface area contributed by atoms with Gasteiger partial charge in [-0.3, -0.25) is 9.98 Å². The highest BCUT2D eigenvalue weighted by Crippen LogP contribution is 2.26. The van der Waals surface area contributed by atoms with Crippen molar-refractivity contribution in [1.29, 1.82) is 0 Å². The molecular weight excluding hydrogens is 320 g/mol. The molecule has 0 radical (unpaired) electrons. The van der Waals surface area contributed by atoms with Gasteiger partial charge >= 0.3 is 0 Å². The van der Waals surface area contributed by atoms with Crippen molar-refractivity contribution in [3.63, 3.8) is 0 Å². The minimum absolute atomic E-state index is 0.109. The van der Waals surface area contributed by atoms with E-state index in [9.17, 15) is 10.2 Å². The Labute approximate surface area is 147 Å². The number of rotatable bonds is 7. The first-order chi connectivity index (χ1) is 12.1. The normalized spacial score (nSPS) is 12.6. The molecule has 2 N–H and O–H groups in total. The van der Waals surface area contributed by atoms with Gasteiger partial charge in [-0.25, -0.2) is 0 Å². The molecule has 0 saturated carbocycles. The average molecular weight is 342 g/mol. The highest BCUT2D eigenvalue weighted by molar-refractivity contribution is 5.88. The molecule has 0 fully saturated rings. The Kier molecular flexibility index (Phi) is 6.39. The van der Waals surface area contributed by atoms with Crippen LogP contribution in [-0.2, 0) is 0 Å². The third-order valence-electron chi connectivity index (χ3n) is 3.57. The van der Waals surface area contributed by atoms with Crippen molar-refractivity contribution in [2.45, 2.75) is 13.0 Å². The number of methoxy groups -OCH3 is 2. The third kappa shape index (κ3) is 4.73. The van der Waals surface area contributed by atoms with Crippen molar-refractivity contribution in [1.82, 2.24) is 0 Å². The summed E-state index contributed by atoms with van der Waals surface area (Å²) in [5.41, 5.74) is 1.06. The van der Waals surface area contributed by atoms with E-state index in [0.717, 1.165) is 0 Å². The molecule has 2 aromatic rings. The van der Waals surface area contributed by atoms with Crippen molar-refractivity contribution in [2.75, 3.05) is 20.8 Å². The lowest BCUT2D eigenvalue weighted by Crippen LogP contribution is -2.04. The Hall–Kier alpha value is -3.02. The van der Waals surface area contributed by atoms with E-state index >= 15 is 0 Å². The summed E-state index contributed by atoms with van der Waals surface area (Å²) in [5.74, 6) is 1.33. The summed E-state index contributed by atoms with van der Waals surface area (Å²) < 4.78 is 10.4. The number of phenols is 2. The summed E-state index contributed by atoms with van der Waals surface area (Å²) in [4.78, 5) is 8.70. The number of aromatic hydroxyl groups is 2. The lowest BCUT2D eigenvalue weighted by molar-refractivity contribution is 0.406. The quantitative estimate of drug-likeness (QED) is 0.758. The molecule has 0 aliphatic heterocycles. The number of hydrogen-bond acceptors (Lipinski definition) is 6. The van der Waals surface area contributed by atoms with Crippen LogP contribution in [0, 0.1) is 0 Å². The fraction of sp³-hybridized carbons (Fsp3) is 0.263. The average Bonchev–Trinajstić information content (AvgIpc) is 2.61. The fourth-order valence-corrected chi connectivity index (χ4v) is 2.23. The van der Waals surface area contributed by atoms with Gasteiger partial charge in [0.15, 0.2) is 0 Å². The Bertz CT molecular complexity index is 772. The van der Waals surface area contributed by atoms with Crippen LogP contribution in [0.4, 0.5) is 0 Å². The van der Waals surface area contributed by atoms with Gasteiger partial charge in [-0.2, -0.15) is 0 Å². The minimum atomic E-state index is -0.114. The fourth-order valence-electron chi connectivity index (χ4n) is 2.23.